The summed E-state index contributed by atoms with van der Waals surface area (Å²) in [6.07, 6.45) is 2.16. The molecule has 1 aliphatic carbocycles. The van der Waals surface area contributed by atoms with E-state index in [1.807, 2.05) is 0 Å². The molecule has 0 aromatic rings. The van der Waals surface area contributed by atoms with E-state index in [-0.39, 0.29) is 5.70 Å². The van der Waals surface area contributed by atoms with Crippen LogP contribution in [0, 0.1) is 20.2 Å². The fourth-order valence-electron chi connectivity index (χ4n) is 1.40. The van der Waals surface area contributed by atoms with Gasteiger partial charge in [0.1, 0.15) is 5.75 Å². The quantitative estimate of drug-likeness (QED) is 0.428. The molecule has 10 heteroatoms. The molecule has 0 aliphatic heterocycles. The van der Waals surface area contributed by atoms with Gasteiger partial charge in [0.2, 0.25) is 0 Å². The molecule has 0 fully saturated rings. The molecule has 0 aromatic heterocycles. The van der Waals surface area contributed by atoms with Crippen LogP contribution in [0.2, 0.25) is 0 Å². The molecule has 1 unspecified atom stereocenters. The van der Waals surface area contributed by atoms with E-state index in [2.05, 4.69) is 0 Å². The number of nitro groups is 2. The molecule has 1 atom stereocenters. The summed E-state index contributed by atoms with van der Waals surface area (Å²) in [5, 5.41) is 21.2. The first-order valence-corrected chi connectivity index (χ1v) is 5.91. The molecule has 17 heavy (non-hydrogen) atoms. The Bertz CT molecular complexity index is 520. The SMILES string of the molecule is O=[N+]([O-])C1=CCC(CS(=O)(=O)O)([N+](=O)[O-])C=C1. The predicted octanol–water partition coefficient (Wildman–Crippen LogP) is 0.0102. The van der Waals surface area contributed by atoms with Crippen LogP contribution < -0.4 is 0 Å². The van der Waals surface area contributed by atoms with Crippen LogP contribution in [0.15, 0.2) is 23.9 Å². The Morgan fingerprint density at radius 1 is 1.41 bits per heavy atom. The second-order valence-electron chi connectivity index (χ2n) is 3.51. The van der Waals surface area contributed by atoms with Crippen molar-refractivity contribution in [3.05, 3.63) is 44.2 Å². The van der Waals surface area contributed by atoms with Crippen molar-refractivity contribution in [2.45, 2.75) is 12.0 Å². The van der Waals surface area contributed by atoms with Gasteiger partial charge in [0, 0.05) is 29.6 Å². The van der Waals surface area contributed by atoms with Crippen molar-refractivity contribution in [3.8, 4) is 0 Å². The molecule has 0 heterocycles. The molecule has 94 valence electrons. The van der Waals surface area contributed by atoms with Crippen molar-refractivity contribution >= 4 is 10.1 Å². The predicted molar refractivity (Wildman–Crippen MR) is 55.0 cm³/mol. The fraction of sp³-hybridized carbons (Fsp3) is 0.429. The van der Waals surface area contributed by atoms with Gasteiger partial charge in [-0.3, -0.25) is 24.8 Å². The van der Waals surface area contributed by atoms with Crippen molar-refractivity contribution in [2.24, 2.45) is 0 Å². The number of hydrogen-bond acceptors (Lipinski definition) is 6. The van der Waals surface area contributed by atoms with Gasteiger partial charge in [0.05, 0.1) is 4.92 Å². The molecule has 0 saturated carbocycles. The van der Waals surface area contributed by atoms with E-state index in [1.165, 1.54) is 0 Å². The topological polar surface area (TPSA) is 141 Å². The van der Waals surface area contributed by atoms with Gasteiger partial charge >= 0.3 is 0 Å². The minimum atomic E-state index is -4.56. The number of nitrogens with zero attached hydrogens (tertiary/aromatic N) is 2. The molecule has 0 amide bonds. The molecular weight excluding hydrogens is 256 g/mol. The van der Waals surface area contributed by atoms with Crippen LogP contribution in [0.1, 0.15) is 6.42 Å². The zero-order valence-electron chi connectivity index (χ0n) is 8.35. The fourth-order valence-corrected chi connectivity index (χ4v) is 2.36. The van der Waals surface area contributed by atoms with Crippen LogP contribution in [-0.2, 0) is 10.1 Å². The van der Waals surface area contributed by atoms with Gasteiger partial charge in [-0.05, 0) is 0 Å². The zero-order valence-corrected chi connectivity index (χ0v) is 9.16. The van der Waals surface area contributed by atoms with Crippen LogP contribution in [0.4, 0.5) is 0 Å². The van der Waals surface area contributed by atoms with E-state index in [1.54, 1.807) is 0 Å². The van der Waals surface area contributed by atoms with E-state index >= 15 is 0 Å². The molecule has 1 N–H and O–H groups in total. The average molecular weight is 264 g/mol. The van der Waals surface area contributed by atoms with Crippen LogP contribution >= 0.6 is 0 Å². The van der Waals surface area contributed by atoms with Crippen molar-refractivity contribution in [3.63, 3.8) is 0 Å². The van der Waals surface area contributed by atoms with Gasteiger partial charge in [-0.1, -0.05) is 0 Å². The van der Waals surface area contributed by atoms with Crippen LogP contribution in [0.5, 0.6) is 0 Å². The Balaban J connectivity index is 3.06. The van der Waals surface area contributed by atoms with E-state index in [0.717, 1.165) is 18.2 Å². The normalized spacial score (nSPS) is 24.2. The Morgan fingerprint density at radius 3 is 2.29 bits per heavy atom. The first kappa shape index (κ1) is 13.3. The Labute approximate surface area is 95.5 Å². The summed E-state index contributed by atoms with van der Waals surface area (Å²) >= 11 is 0. The lowest BCUT2D eigenvalue weighted by molar-refractivity contribution is -0.549. The molecule has 1 rings (SSSR count). The molecule has 0 saturated heterocycles. The van der Waals surface area contributed by atoms with Gasteiger partial charge in [0.25, 0.3) is 21.4 Å². The van der Waals surface area contributed by atoms with Crippen molar-refractivity contribution in [1.29, 1.82) is 0 Å². The van der Waals surface area contributed by atoms with Gasteiger partial charge < -0.3 is 0 Å². The van der Waals surface area contributed by atoms with Crippen molar-refractivity contribution in [2.75, 3.05) is 5.75 Å². The summed E-state index contributed by atoms with van der Waals surface area (Å²) in [6, 6.07) is 0. The third kappa shape index (κ3) is 3.07. The molecule has 0 radical (unpaired) electrons. The lowest BCUT2D eigenvalue weighted by Crippen LogP contribution is -2.43. The summed E-state index contributed by atoms with van der Waals surface area (Å²) in [5.74, 6) is -1.12. The smallest absolute Gasteiger partial charge is 0.272 e. The van der Waals surface area contributed by atoms with Gasteiger partial charge in [-0.25, -0.2) is 0 Å². The summed E-state index contributed by atoms with van der Waals surface area (Å²) < 4.78 is 30.0. The number of hydrogen-bond donors (Lipinski definition) is 1. The molecule has 1 aliphatic rings. The van der Waals surface area contributed by atoms with E-state index in [0.29, 0.717) is 0 Å². The second kappa shape index (κ2) is 4.22. The first-order chi connectivity index (χ1) is 7.66. The lowest BCUT2D eigenvalue weighted by atomic mass is 9.93. The largest absolute Gasteiger partial charge is 0.285 e. The highest BCUT2D eigenvalue weighted by Crippen LogP contribution is 2.26. The molecule has 0 spiro atoms. The Kier molecular flexibility index (Phi) is 3.29. The Hall–Kier alpha value is -1.81. The van der Waals surface area contributed by atoms with E-state index < -0.39 is 37.7 Å². The molecule has 0 aromatic carbocycles. The molecule has 9 nitrogen and oxygen atoms in total. The van der Waals surface area contributed by atoms with Crippen molar-refractivity contribution < 1.29 is 22.8 Å². The lowest BCUT2D eigenvalue weighted by Gasteiger charge is -2.20. The van der Waals surface area contributed by atoms with Gasteiger partial charge in [0.15, 0.2) is 0 Å². The average Bonchev–Trinajstić information content (AvgIpc) is 2.15. The standard InChI is InChI=1S/C7H8N2O7S/c10-8(11)6-1-3-7(4-2-6,9(12)13)5-17(14,15)16/h1-3H,4-5H2,(H,14,15,16). The van der Waals surface area contributed by atoms with E-state index in [4.69, 9.17) is 4.55 Å². The summed E-state index contributed by atoms with van der Waals surface area (Å²) in [5.41, 5.74) is -2.40. The minimum absolute atomic E-state index is 0.349. The highest BCUT2D eigenvalue weighted by atomic mass is 32.2. The summed E-state index contributed by atoms with van der Waals surface area (Å²) in [6.45, 7) is 0. The zero-order chi connectivity index (χ0) is 13.3. The van der Waals surface area contributed by atoms with Crippen LogP contribution in [0.3, 0.4) is 0 Å². The Morgan fingerprint density at radius 2 is 2.00 bits per heavy atom. The van der Waals surface area contributed by atoms with Crippen LogP contribution in [-0.4, -0.2) is 34.1 Å². The monoisotopic (exact) mass is 264 g/mol. The highest BCUT2D eigenvalue weighted by Gasteiger charge is 2.46. The first-order valence-electron chi connectivity index (χ1n) is 4.30. The summed E-state index contributed by atoms with van der Waals surface area (Å²) in [7, 11) is -4.56. The molecular formula is C7H8N2O7S. The van der Waals surface area contributed by atoms with Crippen LogP contribution in [0.25, 0.3) is 0 Å². The number of allylic oxidation sites excluding steroid dienone is 1. The third-order valence-electron chi connectivity index (χ3n) is 2.24. The summed E-state index contributed by atoms with van der Waals surface area (Å²) in [4.78, 5) is 19.6. The minimum Gasteiger partial charge on any atom is -0.285 e. The van der Waals surface area contributed by atoms with Gasteiger partial charge in [-0.15, -0.1) is 0 Å². The van der Waals surface area contributed by atoms with Gasteiger partial charge in [-0.2, -0.15) is 8.42 Å². The second-order valence-corrected chi connectivity index (χ2v) is 4.96. The maximum Gasteiger partial charge on any atom is 0.272 e. The maximum absolute atomic E-state index is 10.8. The highest BCUT2D eigenvalue weighted by molar-refractivity contribution is 7.85. The molecule has 0 bridgehead atoms. The van der Waals surface area contributed by atoms with E-state index in [9.17, 15) is 28.6 Å². The maximum atomic E-state index is 10.8. The van der Waals surface area contributed by atoms with Crippen molar-refractivity contribution in [1.82, 2.24) is 0 Å². The third-order valence-corrected chi connectivity index (χ3v) is 3.10. The number of rotatable bonds is 4.